The van der Waals surface area contributed by atoms with Crippen molar-refractivity contribution >= 4 is 43.3 Å². The summed E-state index contributed by atoms with van der Waals surface area (Å²) in [5.41, 5.74) is 4.90. The number of thiophene rings is 1. The fraction of sp³-hybridized carbons (Fsp3) is 0.308. The number of rotatable bonds is 4. The molecule has 2 aromatic carbocycles. The highest BCUT2D eigenvalue weighted by atomic mass is 79.9. The largest absolute Gasteiger partial charge is 0.391 e. The van der Waals surface area contributed by atoms with Gasteiger partial charge in [0.15, 0.2) is 0 Å². The molecule has 0 bridgehead atoms. The Kier molecular flexibility index (Phi) is 5.66. The van der Waals surface area contributed by atoms with E-state index in [1.54, 1.807) is 17.7 Å². The van der Waals surface area contributed by atoms with E-state index in [2.05, 4.69) is 85.0 Å². The monoisotopic (exact) mass is 520 g/mol. The first-order chi connectivity index (χ1) is 16.2. The first-order valence-electron chi connectivity index (χ1n) is 11.4. The summed E-state index contributed by atoms with van der Waals surface area (Å²) in [7, 11) is 0. The SMILES string of the molecule is OC1Cc2ccccc2C1NC1CCN(c2ncnc3scc(-c4ccc(Br)cc4)c23)CC1. The van der Waals surface area contributed by atoms with Gasteiger partial charge in [-0.1, -0.05) is 52.3 Å². The van der Waals surface area contributed by atoms with E-state index in [0.29, 0.717) is 6.04 Å². The number of nitrogens with zero attached hydrogens (tertiary/aromatic N) is 3. The van der Waals surface area contributed by atoms with Crippen LogP contribution in [0, 0.1) is 0 Å². The number of anilines is 1. The Morgan fingerprint density at radius 2 is 1.82 bits per heavy atom. The van der Waals surface area contributed by atoms with Crippen molar-refractivity contribution in [3.63, 3.8) is 0 Å². The number of aliphatic hydroxyl groups is 1. The first kappa shape index (κ1) is 21.2. The molecule has 6 rings (SSSR count). The summed E-state index contributed by atoms with van der Waals surface area (Å²) in [6.07, 6.45) is 4.13. The van der Waals surface area contributed by atoms with Gasteiger partial charge in [-0.15, -0.1) is 11.3 Å². The van der Waals surface area contributed by atoms with E-state index in [9.17, 15) is 5.11 Å². The Bertz CT molecular complexity index is 1280. The minimum atomic E-state index is -0.346. The molecule has 33 heavy (non-hydrogen) atoms. The maximum absolute atomic E-state index is 10.6. The highest BCUT2D eigenvalue weighted by Gasteiger charge is 2.33. The molecule has 2 aliphatic rings. The summed E-state index contributed by atoms with van der Waals surface area (Å²) in [5.74, 6) is 1.03. The quantitative estimate of drug-likeness (QED) is 0.380. The standard InChI is InChI=1S/C26H25BrN4OS/c27-18-7-5-16(6-8-18)21-14-33-26-23(21)25(28-15-29-26)31-11-9-19(10-12-31)30-24-20-4-2-1-3-17(20)13-22(24)32/h1-8,14-15,19,22,24,30,32H,9-13H2. The van der Waals surface area contributed by atoms with Crippen LogP contribution < -0.4 is 10.2 Å². The van der Waals surface area contributed by atoms with Crippen LogP contribution in [-0.2, 0) is 6.42 Å². The zero-order valence-corrected chi connectivity index (χ0v) is 20.5. The number of halogens is 1. The van der Waals surface area contributed by atoms with E-state index in [4.69, 9.17) is 4.98 Å². The zero-order chi connectivity index (χ0) is 22.4. The van der Waals surface area contributed by atoms with E-state index in [0.717, 1.165) is 52.9 Å². The van der Waals surface area contributed by atoms with Gasteiger partial charge in [-0.25, -0.2) is 9.97 Å². The molecule has 0 saturated carbocycles. The average molecular weight is 521 g/mol. The predicted molar refractivity (Wildman–Crippen MR) is 138 cm³/mol. The Balaban J connectivity index is 1.21. The van der Waals surface area contributed by atoms with Gasteiger partial charge in [0.25, 0.3) is 0 Å². The van der Waals surface area contributed by atoms with Gasteiger partial charge in [0.2, 0.25) is 0 Å². The van der Waals surface area contributed by atoms with Crippen molar-refractivity contribution in [3.8, 4) is 11.1 Å². The molecular weight excluding hydrogens is 496 g/mol. The van der Waals surface area contributed by atoms with Crippen LogP contribution in [0.2, 0.25) is 0 Å². The van der Waals surface area contributed by atoms with Gasteiger partial charge in [0.1, 0.15) is 17.0 Å². The molecule has 2 unspecified atom stereocenters. The topological polar surface area (TPSA) is 61.3 Å². The van der Waals surface area contributed by atoms with E-state index >= 15 is 0 Å². The number of aliphatic hydroxyl groups excluding tert-OH is 1. The average Bonchev–Trinajstić information content (AvgIpc) is 3.41. The van der Waals surface area contributed by atoms with E-state index in [1.165, 1.54) is 22.3 Å². The second-order valence-corrected chi connectivity index (χ2v) is 10.7. The van der Waals surface area contributed by atoms with Gasteiger partial charge in [-0.2, -0.15) is 0 Å². The lowest BCUT2D eigenvalue weighted by molar-refractivity contribution is 0.131. The lowest BCUT2D eigenvalue weighted by Crippen LogP contribution is -2.45. The molecule has 7 heteroatoms. The van der Waals surface area contributed by atoms with Crippen LogP contribution in [-0.4, -0.2) is 40.3 Å². The first-order valence-corrected chi connectivity index (χ1v) is 13.1. The molecule has 1 saturated heterocycles. The lowest BCUT2D eigenvalue weighted by Gasteiger charge is -2.35. The third kappa shape index (κ3) is 3.97. The third-order valence-electron chi connectivity index (χ3n) is 6.92. The second-order valence-electron chi connectivity index (χ2n) is 8.91. The van der Waals surface area contributed by atoms with E-state index in [1.807, 2.05) is 0 Å². The van der Waals surface area contributed by atoms with Crippen molar-refractivity contribution in [2.75, 3.05) is 18.0 Å². The Morgan fingerprint density at radius 1 is 1.03 bits per heavy atom. The van der Waals surface area contributed by atoms with Crippen molar-refractivity contribution in [3.05, 3.63) is 75.8 Å². The van der Waals surface area contributed by atoms with Crippen LogP contribution in [0.15, 0.2) is 64.7 Å². The maximum atomic E-state index is 10.6. The van der Waals surface area contributed by atoms with Gasteiger partial charge in [0.05, 0.1) is 17.5 Å². The number of aromatic nitrogens is 2. The molecule has 2 N–H and O–H groups in total. The van der Waals surface area contributed by atoms with Crippen LogP contribution in [0.4, 0.5) is 5.82 Å². The van der Waals surface area contributed by atoms with Gasteiger partial charge in [-0.05, 0) is 41.7 Å². The van der Waals surface area contributed by atoms with Gasteiger partial charge < -0.3 is 15.3 Å². The summed E-state index contributed by atoms with van der Waals surface area (Å²) < 4.78 is 1.08. The molecular formula is C26H25BrN4OS. The molecule has 2 atom stereocenters. The summed E-state index contributed by atoms with van der Waals surface area (Å²) in [6.45, 7) is 1.87. The van der Waals surface area contributed by atoms with Crippen LogP contribution in [0.25, 0.3) is 21.3 Å². The Hall–Kier alpha value is -2.32. The smallest absolute Gasteiger partial charge is 0.141 e. The number of hydrogen-bond donors (Lipinski definition) is 2. The van der Waals surface area contributed by atoms with Crippen molar-refractivity contribution in [2.24, 2.45) is 0 Å². The highest BCUT2D eigenvalue weighted by Crippen LogP contribution is 2.39. The zero-order valence-electron chi connectivity index (χ0n) is 18.1. The van der Waals surface area contributed by atoms with Gasteiger partial charge in [-0.3, -0.25) is 0 Å². The fourth-order valence-electron chi connectivity index (χ4n) is 5.23. The van der Waals surface area contributed by atoms with Crippen LogP contribution in [0.3, 0.4) is 0 Å². The molecule has 3 heterocycles. The molecule has 1 aliphatic heterocycles. The van der Waals surface area contributed by atoms with Crippen molar-refractivity contribution < 1.29 is 5.11 Å². The number of benzene rings is 2. The molecule has 168 valence electrons. The van der Waals surface area contributed by atoms with E-state index < -0.39 is 0 Å². The molecule has 1 fully saturated rings. The number of hydrogen-bond acceptors (Lipinski definition) is 6. The normalized spacial score (nSPS) is 21.0. The molecule has 0 spiro atoms. The highest BCUT2D eigenvalue weighted by molar-refractivity contribution is 9.10. The molecule has 0 radical (unpaired) electrons. The lowest BCUT2D eigenvalue weighted by atomic mass is 10.00. The van der Waals surface area contributed by atoms with Crippen LogP contribution in [0.5, 0.6) is 0 Å². The Labute approximate surface area is 205 Å². The predicted octanol–water partition coefficient (Wildman–Crippen LogP) is 5.34. The second kappa shape index (κ2) is 8.80. The van der Waals surface area contributed by atoms with Gasteiger partial charge in [0, 0.05) is 41.0 Å². The van der Waals surface area contributed by atoms with Crippen molar-refractivity contribution in [2.45, 2.75) is 37.5 Å². The molecule has 0 amide bonds. The van der Waals surface area contributed by atoms with Crippen LogP contribution >= 0.6 is 27.3 Å². The third-order valence-corrected chi connectivity index (χ3v) is 8.33. The van der Waals surface area contributed by atoms with E-state index in [-0.39, 0.29) is 12.1 Å². The summed E-state index contributed by atoms with van der Waals surface area (Å²) in [6, 6.07) is 17.3. The summed E-state index contributed by atoms with van der Waals surface area (Å²) in [5, 5.41) is 17.7. The van der Waals surface area contributed by atoms with Gasteiger partial charge >= 0.3 is 0 Å². The molecule has 1 aliphatic carbocycles. The molecule has 2 aromatic heterocycles. The minimum Gasteiger partial charge on any atom is -0.391 e. The minimum absolute atomic E-state index is 0.0318. The van der Waals surface area contributed by atoms with Crippen molar-refractivity contribution in [1.29, 1.82) is 0 Å². The molecule has 5 nitrogen and oxygen atoms in total. The van der Waals surface area contributed by atoms with Crippen molar-refractivity contribution in [1.82, 2.24) is 15.3 Å². The van der Waals surface area contributed by atoms with Crippen LogP contribution in [0.1, 0.15) is 30.0 Å². The fourth-order valence-corrected chi connectivity index (χ4v) is 6.40. The Morgan fingerprint density at radius 3 is 2.64 bits per heavy atom. The number of piperidine rings is 1. The maximum Gasteiger partial charge on any atom is 0.141 e. The number of nitrogens with one attached hydrogen (secondary N) is 1. The number of fused-ring (bicyclic) bond motifs is 2. The summed E-state index contributed by atoms with van der Waals surface area (Å²) in [4.78, 5) is 12.7. The molecule has 4 aromatic rings. The summed E-state index contributed by atoms with van der Waals surface area (Å²) >= 11 is 5.21.